The number of carbonyl (C=O) groups is 2. The van der Waals surface area contributed by atoms with Crippen molar-refractivity contribution in [2.75, 3.05) is 58.1 Å². The molecule has 4 unspecified atom stereocenters. The smallest absolute Gasteiger partial charge is 0.251 e. The van der Waals surface area contributed by atoms with Crippen molar-refractivity contribution in [3.8, 4) is 0 Å². The third-order valence-corrected chi connectivity index (χ3v) is 9.05. The highest BCUT2D eigenvalue weighted by atomic mass is 16.5. The van der Waals surface area contributed by atoms with Crippen molar-refractivity contribution < 1.29 is 18.8 Å². The maximum absolute atomic E-state index is 13.2. The number of likely N-dealkylation sites (N-methyl/N-ethyl adjacent to an activating group) is 1. The third kappa shape index (κ3) is 8.97. The molecule has 2 aliphatic heterocycles. The van der Waals surface area contributed by atoms with Gasteiger partial charge in [0.15, 0.2) is 0 Å². The van der Waals surface area contributed by atoms with E-state index in [2.05, 4.69) is 64.6 Å². The summed E-state index contributed by atoms with van der Waals surface area (Å²) in [5.41, 5.74) is 10.3. The van der Waals surface area contributed by atoms with E-state index < -0.39 is 0 Å². The molecule has 3 heterocycles. The van der Waals surface area contributed by atoms with Crippen LogP contribution in [0.15, 0.2) is 64.5 Å². The van der Waals surface area contributed by atoms with Gasteiger partial charge < -0.3 is 25.6 Å². The number of pyridine rings is 1. The molecule has 3 rings (SSSR count). The van der Waals surface area contributed by atoms with Crippen LogP contribution in [-0.2, 0) is 14.3 Å². The molecule has 4 atom stereocenters. The fourth-order valence-electron chi connectivity index (χ4n) is 6.14. The van der Waals surface area contributed by atoms with E-state index in [-0.39, 0.29) is 23.9 Å². The lowest BCUT2D eigenvalue weighted by Gasteiger charge is -2.43. The summed E-state index contributed by atoms with van der Waals surface area (Å²) in [5.74, 6) is -0.294. The summed E-state index contributed by atoms with van der Waals surface area (Å²) in [6.45, 7) is 10.8. The number of ether oxygens (including phenoxy) is 1. The number of methoxy groups -OCH3 is 1. The largest absolute Gasteiger partial charge is 0.404 e. The lowest BCUT2D eigenvalue weighted by atomic mass is 10.0. The number of carbonyl (C=O) groups excluding carboxylic acids is 2. The van der Waals surface area contributed by atoms with Gasteiger partial charge in [-0.15, -0.1) is 0 Å². The number of quaternary nitrogens is 1. The lowest BCUT2D eigenvalue weighted by Crippen LogP contribution is -2.56. The molecule has 1 aromatic heterocycles. The second kappa shape index (κ2) is 16.5. The van der Waals surface area contributed by atoms with Crippen molar-refractivity contribution >= 4 is 29.4 Å². The Morgan fingerprint density at radius 3 is 2.77 bits per heavy atom. The predicted octanol–water partition coefficient (Wildman–Crippen LogP) is 4.37. The number of nitrogens with two attached hydrogens (primary N) is 1. The number of anilines is 2. The van der Waals surface area contributed by atoms with Gasteiger partial charge >= 0.3 is 0 Å². The van der Waals surface area contributed by atoms with Gasteiger partial charge in [-0.2, -0.15) is 0 Å². The number of nitrogens with one attached hydrogen (secondary N) is 2. The first-order valence-electron chi connectivity index (χ1n) is 15.6. The fourth-order valence-corrected chi connectivity index (χ4v) is 6.14. The summed E-state index contributed by atoms with van der Waals surface area (Å²) < 4.78 is 6.12. The molecular formula is C34H52N7O3+. The van der Waals surface area contributed by atoms with E-state index in [0.29, 0.717) is 41.8 Å². The SMILES string of the molecule is CCC1C=CC(/C(C=NC)=C/N)=CC(C)[N+]1(C)CCC=C(C)C(=O)Nc1cc(NC(=O)CN2CCCC2COC)cnc1C. The molecule has 44 heavy (non-hydrogen) atoms. The van der Waals surface area contributed by atoms with E-state index >= 15 is 0 Å². The van der Waals surface area contributed by atoms with Crippen LogP contribution < -0.4 is 16.4 Å². The lowest BCUT2D eigenvalue weighted by molar-refractivity contribution is -0.942. The predicted molar refractivity (Wildman–Crippen MR) is 180 cm³/mol. The molecule has 240 valence electrons. The van der Waals surface area contributed by atoms with Crippen molar-refractivity contribution in [1.29, 1.82) is 0 Å². The molecule has 0 aliphatic carbocycles. The first kappa shape index (κ1) is 34.9. The van der Waals surface area contributed by atoms with Gasteiger partial charge in [0.1, 0.15) is 12.1 Å². The number of aromatic nitrogens is 1. The highest BCUT2D eigenvalue weighted by Crippen LogP contribution is 2.28. The highest BCUT2D eigenvalue weighted by molar-refractivity contribution is 6.04. The molecule has 1 saturated heterocycles. The van der Waals surface area contributed by atoms with Crippen LogP contribution >= 0.6 is 0 Å². The van der Waals surface area contributed by atoms with Gasteiger partial charge in [-0.05, 0) is 63.9 Å². The molecule has 0 aromatic carbocycles. The van der Waals surface area contributed by atoms with E-state index in [1.165, 1.54) is 0 Å². The van der Waals surface area contributed by atoms with Crippen LogP contribution in [0.25, 0.3) is 0 Å². The monoisotopic (exact) mass is 606 g/mol. The van der Waals surface area contributed by atoms with Crippen molar-refractivity contribution in [2.45, 2.75) is 71.5 Å². The molecule has 2 amide bonds. The molecule has 10 heteroatoms. The number of amides is 2. The average Bonchev–Trinajstić information content (AvgIpc) is 3.38. The minimum atomic E-state index is -0.185. The van der Waals surface area contributed by atoms with Crippen LogP contribution in [0.1, 0.15) is 52.1 Å². The van der Waals surface area contributed by atoms with Crippen molar-refractivity contribution in [3.63, 3.8) is 0 Å². The first-order chi connectivity index (χ1) is 21.1. The normalized spacial score (nSPS) is 24.8. The Labute approximate surface area is 263 Å². The first-order valence-corrected chi connectivity index (χ1v) is 15.6. The molecule has 0 spiro atoms. The number of hydrogen-bond donors (Lipinski definition) is 3. The zero-order chi connectivity index (χ0) is 32.3. The van der Waals surface area contributed by atoms with Crippen LogP contribution in [0.3, 0.4) is 0 Å². The maximum atomic E-state index is 13.2. The topological polar surface area (TPSA) is 122 Å². The molecule has 2 aliphatic rings. The van der Waals surface area contributed by atoms with Crippen molar-refractivity contribution in [2.24, 2.45) is 10.7 Å². The number of aryl methyl sites for hydroxylation is 1. The molecule has 1 fully saturated rings. The van der Waals surface area contributed by atoms with E-state index in [0.717, 1.165) is 54.4 Å². The molecule has 10 nitrogen and oxygen atoms in total. The van der Waals surface area contributed by atoms with Gasteiger partial charge in [-0.1, -0.05) is 19.1 Å². The van der Waals surface area contributed by atoms with E-state index in [1.54, 1.807) is 38.8 Å². The number of hydrogen-bond acceptors (Lipinski definition) is 7. The van der Waals surface area contributed by atoms with Crippen molar-refractivity contribution in [3.05, 3.63) is 65.2 Å². The summed E-state index contributed by atoms with van der Waals surface area (Å²) in [4.78, 5) is 36.6. The van der Waals surface area contributed by atoms with E-state index in [4.69, 9.17) is 10.5 Å². The van der Waals surface area contributed by atoms with Gasteiger partial charge in [0.25, 0.3) is 5.91 Å². The Balaban J connectivity index is 1.64. The van der Waals surface area contributed by atoms with Gasteiger partial charge in [-0.3, -0.25) is 24.5 Å². The fraction of sp³-hybridized carbons (Fsp3) is 0.529. The zero-order valence-electron chi connectivity index (χ0n) is 27.6. The number of aliphatic imine (C=N–C) groups is 1. The molecule has 1 aromatic rings. The van der Waals surface area contributed by atoms with Gasteiger partial charge in [0, 0.05) is 56.6 Å². The number of allylic oxidation sites excluding steroid dienone is 3. The number of nitrogens with zero attached hydrogens (tertiary/aromatic N) is 4. The Morgan fingerprint density at radius 1 is 1.32 bits per heavy atom. The van der Waals surface area contributed by atoms with Crippen LogP contribution in [0.2, 0.25) is 0 Å². The Morgan fingerprint density at radius 2 is 2.09 bits per heavy atom. The summed E-state index contributed by atoms with van der Waals surface area (Å²) in [6.07, 6.45) is 17.5. The Bertz CT molecular complexity index is 1320. The Hall–Kier alpha value is -3.60. The summed E-state index contributed by atoms with van der Waals surface area (Å²) in [5, 5.41) is 5.93. The Kier molecular flexibility index (Phi) is 13.1. The second-order valence-electron chi connectivity index (χ2n) is 12.0. The van der Waals surface area contributed by atoms with E-state index in [9.17, 15) is 9.59 Å². The molecule has 0 radical (unpaired) electrons. The van der Waals surface area contributed by atoms with Crippen LogP contribution in [-0.4, -0.2) is 98.0 Å². The minimum absolute atomic E-state index is 0.109. The van der Waals surface area contributed by atoms with E-state index in [1.807, 2.05) is 19.9 Å². The minimum Gasteiger partial charge on any atom is -0.404 e. The summed E-state index contributed by atoms with van der Waals surface area (Å²) in [7, 11) is 5.71. The van der Waals surface area contributed by atoms with Gasteiger partial charge in [-0.25, -0.2) is 0 Å². The van der Waals surface area contributed by atoms with Crippen molar-refractivity contribution in [1.82, 2.24) is 9.88 Å². The highest BCUT2D eigenvalue weighted by Gasteiger charge is 2.35. The second-order valence-corrected chi connectivity index (χ2v) is 12.0. The standard InChI is InChI=1S/C34H51N7O3/c1-8-31-14-13-27(28(19-35)20-36-5)17-25(3)41(31,6)16-10-11-24(2)34(43)39-32-18-29(21-37-26(32)4)38-33(42)22-40-15-9-12-30(40)23-44-7/h11,13-14,17-21,25,30-31H,8-10,12,15-16,22-23H2,1-7H3,(H3-,35,36,38,39,42,43)/p+1. The van der Waals surface area contributed by atoms with Gasteiger partial charge in [0.2, 0.25) is 5.91 Å². The van der Waals surface area contributed by atoms with Crippen LogP contribution in [0, 0.1) is 6.92 Å². The quantitative estimate of drug-likeness (QED) is 0.174. The molecular weight excluding hydrogens is 554 g/mol. The molecule has 0 bridgehead atoms. The third-order valence-electron chi connectivity index (χ3n) is 9.05. The molecule has 0 saturated carbocycles. The summed E-state index contributed by atoms with van der Waals surface area (Å²) >= 11 is 0. The zero-order valence-corrected chi connectivity index (χ0v) is 27.6. The number of rotatable bonds is 13. The maximum Gasteiger partial charge on any atom is 0.251 e. The van der Waals surface area contributed by atoms with Crippen LogP contribution in [0.4, 0.5) is 11.4 Å². The van der Waals surface area contributed by atoms with Gasteiger partial charge in [0.05, 0.1) is 50.0 Å². The molecule has 4 N–H and O–H groups in total. The van der Waals surface area contributed by atoms with Crippen LogP contribution in [0.5, 0.6) is 0 Å². The summed E-state index contributed by atoms with van der Waals surface area (Å²) in [6, 6.07) is 2.58. The average molecular weight is 607 g/mol. The number of likely N-dealkylation sites (tertiary alicyclic amines) is 1.